The standard InChI is InChI=1S/C20H23NO2/c1-14(20-10-9-19(23-2)13-21-20)11-18(22)12-15-3-5-16(6-4-15)17-7-8-17/h3-6,9-10,13-14,17H,7-8,11-12H2,1-2H3/t14-/m0/s1. The third-order valence-electron chi connectivity index (χ3n) is 4.46. The summed E-state index contributed by atoms with van der Waals surface area (Å²) >= 11 is 0. The molecular weight excluding hydrogens is 286 g/mol. The molecule has 3 heteroatoms. The number of pyridine rings is 1. The molecule has 0 spiro atoms. The Bertz CT molecular complexity index is 657. The molecule has 0 N–H and O–H groups in total. The SMILES string of the molecule is COc1ccc([C@@H](C)CC(=O)Cc2ccc(C3CC3)cc2)nc1. The average molecular weight is 309 g/mol. The second kappa shape index (κ2) is 6.95. The van der Waals surface area contributed by atoms with Crippen LogP contribution in [0.15, 0.2) is 42.6 Å². The minimum absolute atomic E-state index is 0.124. The van der Waals surface area contributed by atoms with Gasteiger partial charge in [0.25, 0.3) is 0 Å². The molecule has 0 radical (unpaired) electrons. The third kappa shape index (κ3) is 4.19. The van der Waals surface area contributed by atoms with Crippen LogP contribution in [0.25, 0.3) is 0 Å². The monoisotopic (exact) mass is 309 g/mol. The molecule has 0 aliphatic heterocycles. The number of hydrogen-bond donors (Lipinski definition) is 0. The Balaban J connectivity index is 1.54. The first-order valence-electron chi connectivity index (χ1n) is 8.26. The molecule has 1 fully saturated rings. The van der Waals surface area contributed by atoms with E-state index in [9.17, 15) is 4.79 Å². The first-order chi connectivity index (χ1) is 11.2. The van der Waals surface area contributed by atoms with Crippen molar-refractivity contribution < 1.29 is 9.53 Å². The number of Topliss-reactive ketones (excluding diaryl/α,β-unsaturated/α-hetero) is 1. The summed E-state index contributed by atoms with van der Waals surface area (Å²) in [5.41, 5.74) is 3.45. The molecule has 1 heterocycles. The first kappa shape index (κ1) is 15.7. The van der Waals surface area contributed by atoms with Gasteiger partial charge < -0.3 is 4.74 Å². The van der Waals surface area contributed by atoms with Gasteiger partial charge in [-0.15, -0.1) is 0 Å². The predicted molar refractivity (Wildman–Crippen MR) is 90.9 cm³/mol. The fourth-order valence-electron chi connectivity index (χ4n) is 2.87. The van der Waals surface area contributed by atoms with Gasteiger partial charge in [0, 0.05) is 24.5 Å². The number of ether oxygens (including phenoxy) is 1. The van der Waals surface area contributed by atoms with Gasteiger partial charge >= 0.3 is 0 Å². The number of ketones is 1. The zero-order valence-electron chi connectivity index (χ0n) is 13.8. The zero-order valence-corrected chi connectivity index (χ0v) is 13.8. The Hall–Kier alpha value is -2.16. The maximum Gasteiger partial charge on any atom is 0.137 e. The fourth-order valence-corrected chi connectivity index (χ4v) is 2.87. The smallest absolute Gasteiger partial charge is 0.137 e. The van der Waals surface area contributed by atoms with E-state index in [-0.39, 0.29) is 11.7 Å². The third-order valence-corrected chi connectivity index (χ3v) is 4.46. The van der Waals surface area contributed by atoms with Crippen LogP contribution in [0.4, 0.5) is 0 Å². The summed E-state index contributed by atoms with van der Waals surface area (Å²) in [6.45, 7) is 2.04. The van der Waals surface area contributed by atoms with Crippen molar-refractivity contribution in [2.24, 2.45) is 0 Å². The number of nitrogens with zero attached hydrogens (tertiary/aromatic N) is 1. The lowest BCUT2D eigenvalue weighted by Gasteiger charge is -2.11. The zero-order chi connectivity index (χ0) is 16.2. The van der Waals surface area contributed by atoms with Gasteiger partial charge in [-0.3, -0.25) is 9.78 Å². The van der Waals surface area contributed by atoms with Gasteiger partial charge in [-0.25, -0.2) is 0 Å². The van der Waals surface area contributed by atoms with Crippen LogP contribution in [0.2, 0.25) is 0 Å². The Morgan fingerprint density at radius 1 is 1.22 bits per heavy atom. The van der Waals surface area contributed by atoms with E-state index in [2.05, 4.69) is 29.2 Å². The highest BCUT2D eigenvalue weighted by Gasteiger charge is 2.23. The number of methoxy groups -OCH3 is 1. The highest BCUT2D eigenvalue weighted by Crippen LogP contribution is 2.39. The molecule has 1 aliphatic rings. The second-order valence-corrected chi connectivity index (χ2v) is 6.46. The van der Waals surface area contributed by atoms with Crippen LogP contribution in [0.5, 0.6) is 5.75 Å². The number of aromatic nitrogens is 1. The molecule has 3 nitrogen and oxygen atoms in total. The van der Waals surface area contributed by atoms with Crippen LogP contribution in [-0.4, -0.2) is 17.9 Å². The Kier molecular flexibility index (Phi) is 4.75. The number of hydrogen-bond acceptors (Lipinski definition) is 3. The lowest BCUT2D eigenvalue weighted by molar-refractivity contribution is -0.118. The molecule has 1 aromatic carbocycles. The maximum absolute atomic E-state index is 12.3. The van der Waals surface area contributed by atoms with Crippen molar-refractivity contribution in [3.63, 3.8) is 0 Å². The van der Waals surface area contributed by atoms with E-state index in [1.807, 2.05) is 19.1 Å². The van der Waals surface area contributed by atoms with Crippen LogP contribution < -0.4 is 4.74 Å². The lowest BCUT2D eigenvalue weighted by Crippen LogP contribution is -2.08. The lowest BCUT2D eigenvalue weighted by atomic mass is 9.96. The molecule has 120 valence electrons. The molecule has 0 amide bonds. The van der Waals surface area contributed by atoms with Gasteiger partial charge in [0.1, 0.15) is 11.5 Å². The minimum Gasteiger partial charge on any atom is -0.495 e. The Labute approximate surface area is 137 Å². The summed E-state index contributed by atoms with van der Waals surface area (Å²) in [6.07, 6.45) is 5.34. The highest BCUT2D eigenvalue weighted by molar-refractivity contribution is 5.81. The summed E-state index contributed by atoms with van der Waals surface area (Å²) in [5, 5.41) is 0. The van der Waals surface area contributed by atoms with Crippen molar-refractivity contribution in [2.45, 2.75) is 44.4 Å². The van der Waals surface area contributed by atoms with Crippen LogP contribution in [0.1, 0.15) is 54.8 Å². The van der Waals surface area contributed by atoms with Crippen molar-refractivity contribution in [1.82, 2.24) is 4.98 Å². The van der Waals surface area contributed by atoms with E-state index >= 15 is 0 Å². The van der Waals surface area contributed by atoms with Crippen molar-refractivity contribution in [1.29, 1.82) is 0 Å². The van der Waals surface area contributed by atoms with Gasteiger partial charge in [-0.05, 0) is 42.0 Å². The van der Waals surface area contributed by atoms with Crippen molar-refractivity contribution in [3.05, 3.63) is 59.4 Å². The van der Waals surface area contributed by atoms with Gasteiger partial charge in [0.2, 0.25) is 0 Å². The summed E-state index contributed by atoms with van der Waals surface area (Å²) in [4.78, 5) is 16.7. The van der Waals surface area contributed by atoms with E-state index in [1.54, 1.807) is 13.3 Å². The average Bonchev–Trinajstić information content (AvgIpc) is 3.40. The topological polar surface area (TPSA) is 39.2 Å². The molecule has 1 atom stereocenters. The molecule has 1 saturated carbocycles. The van der Waals surface area contributed by atoms with Crippen molar-refractivity contribution in [3.8, 4) is 5.75 Å². The predicted octanol–water partition coefficient (Wildman–Crippen LogP) is 4.27. The van der Waals surface area contributed by atoms with Crippen LogP contribution in [0, 0.1) is 0 Å². The van der Waals surface area contributed by atoms with E-state index in [0.717, 1.165) is 22.9 Å². The molecule has 0 unspecified atom stereocenters. The van der Waals surface area contributed by atoms with E-state index in [1.165, 1.54) is 18.4 Å². The van der Waals surface area contributed by atoms with Gasteiger partial charge in [0.05, 0.1) is 13.3 Å². The summed E-state index contributed by atoms with van der Waals surface area (Å²) < 4.78 is 5.11. The fraction of sp³-hybridized carbons (Fsp3) is 0.400. The van der Waals surface area contributed by atoms with Crippen LogP contribution in [-0.2, 0) is 11.2 Å². The number of benzene rings is 1. The summed E-state index contributed by atoms with van der Waals surface area (Å²) in [5.74, 6) is 1.89. The maximum atomic E-state index is 12.3. The number of rotatable bonds is 7. The normalized spacial score (nSPS) is 15.2. The minimum atomic E-state index is 0.124. The number of carbonyl (C=O) groups excluding carboxylic acids is 1. The highest BCUT2D eigenvalue weighted by atomic mass is 16.5. The molecular formula is C20H23NO2. The molecule has 1 aromatic heterocycles. The van der Waals surface area contributed by atoms with E-state index in [0.29, 0.717) is 12.8 Å². The van der Waals surface area contributed by atoms with E-state index in [4.69, 9.17) is 4.74 Å². The Morgan fingerprint density at radius 3 is 2.52 bits per heavy atom. The van der Waals surface area contributed by atoms with E-state index < -0.39 is 0 Å². The van der Waals surface area contributed by atoms with Crippen molar-refractivity contribution >= 4 is 5.78 Å². The molecule has 2 aromatic rings. The summed E-state index contributed by atoms with van der Waals surface area (Å²) in [7, 11) is 1.62. The molecule has 3 rings (SSSR count). The van der Waals surface area contributed by atoms with Gasteiger partial charge in [-0.2, -0.15) is 0 Å². The first-order valence-corrected chi connectivity index (χ1v) is 8.26. The largest absolute Gasteiger partial charge is 0.495 e. The quantitative estimate of drug-likeness (QED) is 0.766. The van der Waals surface area contributed by atoms with Crippen LogP contribution >= 0.6 is 0 Å². The molecule has 23 heavy (non-hydrogen) atoms. The molecule has 1 aliphatic carbocycles. The van der Waals surface area contributed by atoms with Gasteiger partial charge in [0.15, 0.2) is 0 Å². The molecule has 0 saturated heterocycles. The van der Waals surface area contributed by atoms with Crippen molar-refractivity contribution in [2.75, 3.05) is 7.11 Å². The Morgan fingerprint density at radius 2 is 1.96 bits per heavy atom. The number of carbonyl (C=O) groups is 1. The second-order valence-electron chi connectivity index (χ2n) is 6.46. The van der Waals surface area contributed by atoms with Crippen LogP contribution in [0.3, 0.4) is 0 Å². The van der Waals surface area contributed by atoms with Gasteiger partial charge in [-0.1, -0.05) is 31.2 Å². The molecule has 0 bridgehead atoms. The summed E-state index contributed by atoms with van der Waals surface area (Å²) in [6, 6.07) is 12.4.